The van der Waals surface area contributed by atoms with E-state index in [9.17, 15) is 0 Å². The molecule has 1 aliphatic rings. The van der Waals surface area contributed by atoms with Crippen LogP contribution in [0.1, 0.15) is 39.0 Å². The molecule has 0 spiro atoms. The van der Waals surface area contributed by atoms with Gasteiger partial charge >= 0.3 is 0 Å². The minimum atomic E-state index is -0.0687. The highest BCUT2D eigenvalue weighted by atomic mass is 16.5. The third kappa shape index (κ3) is 2.41. The molecule has 0 atom stereocenters. The molecule has 1 aliphatic carbocycles. The van der Waals surface area contributed by atoms with E-state index in [1.54, 1.807) is 6.20 Å². The summed E-state index contributed by atoms with van der Waals surface area (Å²) < 4.78 is 5.94. The van der Waals surface area contributed by atoms with E-state index >= 15 is 0 Å². The van der Waals surface area contributed by atoms with Gasteiger partial charge in [0.15, 0.2) is 0 Å². The second-order valence-electron chi connectivity index (χ2n) is 4.51. The summed E-state index contributed by atoms with van der Waals surface area (Å²) in [5, 5.41) is 0. The normalized spacial score (nSPS) is 19.8. The molecule has 0 saturated heterocycles. The zero-order chi connectivity index (χ0) is 10.7. The van der Waals surface area contributed by atoms with Crippen molar-refractivity contribution in [3.05, 3.63) is 18.3 Å². The van der Waals surface area contributed by atoms with Gasteiger partial charge in [0.1, 0.15) is 5.60 Å². The molecule has 1 heterocycles. The van der Waals surface area contributed by atoms with Gasteiger partial charge in [-0.1, -0.05) is 6.42 Å². The zero-order valence-electron chi connectivity index (χ0n) is 9.20. The molecule has 1 fully saturated rings. The Morgan fingerprint density at radius 2 is 2.07 bits per heavy atom. The first kappa shape index (κ1) is 10.3. The van der Waals surface area contributed by atoms with Gasteiger partial charge in [-0.2, -0.15) is 0 Å². The Bertz CT molecular complexity index is 332. The summed E-state index contributed by atoms with van der Waals surface area (Å²) in [7, 11) is 0. The smallest absolute Gasteiger partial charge is 0.237 e. The van der Waals surface area contributed by atoms with Crippen LogP contribution >= 0.6 is 0 Å². The molecule has 0 aliphatic heterocycles. The van der Waals surface area contributed by atoms with Crippen molar-refractivity contribution in [3.63, 3.8) is 0 Å². The molecule has 1 aromatic rings. The molecule has 82 valence electrons. The second-order valence-corrected chi connectivity index (χ2v) is 4.51. The van der Waals surface area contributed by atoms with E-state index in [-0.39, 0.29) is 5.60 Å². The summed E-state index contributed by atoms with van der Waals surface area (Å²) in [4.78, 5) is 4.17. The maximum absolute atomic E-state index is 5.94. The van der Waals surface area contributed by atoms with Crippen LogP contribution in [0, 0.1) is 0 Å². The fraction of sp³-hybridized carbons (Fsp3) is 0.583. The molecule has 1 aromatic heterocycles. The predicted molar refractivity (Wildman–Crippen MR) is 60.8 cm³/mol. The number of rotatable bonds is 2. The first-order valence-corrected chi connectivity index (χ1v) is 5.59. The third-order valence-corrected chi connectivity index (χ3v) is 3.05. The van der Waals surface area contributed by atoms with Gasteiger partial charge in [0.05, 0.1) is 5.69 Å². The monoisotopic (exact) mass is 206 g/mol. The zero-order valence-corrected chi connectivity index (χ0v) is 9.20. The van der Waals surface area contributed by atoms with Crippen LogP contribution in [0.2, 0.25) is 0 Å². The van der Waals surface area contributed by atoms with Crippen LogP contribution in [-0.4, -0.2) is 10.6 Å². The summed E-state index contributed by atoms with van der Waals surface area (Å²) in [5.41, 5.74) is 6.37. The Kier molecular flexibility index (Phi) is 2.80. The Morgan fingerprint density at radius 3 is 2.73 bits per heavy atom. The van der Waals surface area contributed by atoms with E-state index < -0.39 is 0 Å². The largest absolute Gasteiger partial charge is 0.470 e. The highest BCUT2D eigenvalue weighted by Crippen LogP contribution is 2.33. The number of pyridine rings is 1. The van der Waals surface area contributed by atoms with Crippen LogP contribution < -0.4 is 10.5 Å². The van der Waals surface area contributed by atoms with Gasteiger partial charge in [-0.05, 0) is 44.7 Å². The van der Waals surface area contributed by atoms with E-state index in [1.807, 2.05) is 12.1 Å². The van der Waals surface area contributed by atoms with Crippen molar-refractivity contribution in [1.29, 1.82) is 0 Å². The summed E-state index contributed by atoms with van der Waals surface area (Å²) in [6.45, 7) is 2.15. The van der Waals surface area contributed by atoms with Gasteiger partial charge < -0.3 is 10.5 Å². The Morgan fingerprint density at radius 1 is 1.33 bits per heavy atom. The number of hydrogen-bond donors (Lipinski definition) is 1. The van der Waals surface area contributed by atoms with Gasteiger partial charge in [0.25, 0.3) is 0 Å². The molecule has 0 radical (unpaired) electrons. The van der Waals surface area contributed by atoms with Crippen molar-refractivity contribution in [2.45, 2.75) is 44.6 Å². The standard InChI is InChI=1S/C12H18N2O/c1-12(7-3-2-4-8-12)15-11-10(13)6-5-9-14-11/h5-6,9H,2-4,7-8,13H2,1H3. The number of aromatic nitrogens is 1. The van der Waals surface area contributed by atoms with Crippen LogP contribution in [0.15, 0.2) is 18.3 Å². The molecule has 15 heavy (non-hydrogen) atoms. The SMILES string of the molecule is CC1(Oc2ncccc2N)CCCCC1. The topological polar surface area (TPSA) is 48.1 Å². The van der Waals surface area contributed by atoms with E-state index in [4.69, 9.17) is 10.5 Å². The summed E-state index contributed by atoms with van der Waals surface area (Å²) >= 11 is 0. The van der Waals surface area contributed by atoms with Gasteiger partial charge in [-0.3, -0.25) is 0 Å². The number of nitrogen functional groups attached to an aromatic ring is 1. The molecule has 2 N–H and O–H groups in total. The first-order valence-electron chi connectivity index (χ1n) is 5.59. The minimum Gasteiger partial charge on any atom is -0.470 e. The molecule has 3 nitrogen and oxygen atoms in total. The quantitative estimate of drug-likeness (QED) is 0.809. The van der Waals surface area contributed by atoms with Gasteiger partial charge in [-0.15, -0.1) is 0 Å². The van der Waals surface area contributed by atoms with Crippen molar-refractivity contribution in [2.75, 3.05) is 5.73 Å². The lowest BCUT2D eigenvalue weighted by Gasteiger charge is -2.33. The highest BCUT2D eigenvalue weighted by Gasteiger charge is 2.29. The number of nitrogens with two attached hydrogens (primary N) is 1. The molecule has 0 bridgehead atoms. The number of anilines is 1. The lowest BCUT2D eigenvalue weighted by Crippen LogP contribution is -2.35. The van der Waals surface area contributed by atoms with Crippen LogP contribution in [0.4, 0.5) is 5.69 Å². The van der Waals surface area contributed by atoms with Crippen molar-refractivity contribution in [3.8, 4) is 5.88 Å². The molecule has 0 unspecified atom stereocenters. The third-order valence-electron chi connectivity index (χ3n) is 3.05. The van der Waals surface area contributed by atoms with E-state index in [0.29, 0.717) is 11.6 Å². The van der Waals surface area contributed by atoms with E-state index in [1.165, 1.54) is 19.3 Å². The fourth-order valence-electron chi connectivity index (χ4n) is 2.12. The molecular weight excluding hydrogens is 188 g/mol. The fourth-order valence-corrected chi connectivity index (χ4v) is 2.12. The summed E-state index contributed by atoms with van der Waals surface area (Å²) in [5.74, 6) is 0.585. The van der Waals surface area contributed by atoms with Crippen molar-refractivity contribution >= 4 is 5.69 Å². The van der Waals surface area contributed by atoms with Crippen molar-refractivity contribution in [2.24, 2.45) is 0 Å². The molecule has 0 aromatic carbocycles. The predicted octanol–water partition coefficient (Wildman–Crippen LogP) is 2.77. The van der Waals surface area contributed by atoms with Crippen LogP contribution in [0.3, 0.4) is 0 Å². The number of hydrogen-bond acceptors (Lipinski definition) is 3. The van der Waals surface area contributed by atoms with Crippen LogP contribution in [0.5, 0.6) is 5.88 Å². The Hall–Kier alpha value is -1.25. The number of ether oxygens (including phenoxy) is 1. The van der Waals surface area contributed by atoms with Gasteiger partial charge in [-0.25, -0.2) is 4.98 Å². The second kappa shape index (κ2) is 4.09. The lowest BCUT2D eigenvalue weighted by atomic mass is 9.86. The highest BCUT2D eigenvalue weighted by molar-refractivity contribution is 5.47. The van der Waals surface area contributed by atoms with Gasteiger partial charge in [0.2, 0.25) is 5.88 Å². The van der Waals surface area contributed by atoms with Crippen LogP contribution in [0.25, 0.3) is 0 Å². The average molecular weight is 206 g/mol. The first-order chi connectivity index (χ1) is 7.20. The Labute approximate surface area is 90.7 Å². The lowest BCUT2D eigenvalue weighted by molar-refractivity contribution is 0.0449. The average Bonchev–Trinajstić information content (AvgIpc) is 2.22. The van der Waals surface area contributed by atoms with Crippen LogP contribution in [-0.2, 0) is 0 Å². The molecule has 2 rings (SSSR count). The molecular formula is C12H18N2O. The maximum Gasteiger partial charge on any atom is 0.237 e. The maximum atomic E-state index is 5.94. The van der Waals surface area contributed by atoms with Gasteiger partial charge in [0, 0.05) is 6.20 Å². The molecule has 0 amide bonds. The molecule has 1 saturated carbocycles. The molecule has 3 heteroatoms. The Balaban J connectivity index is 2.10. The van der Waals surface area contributed by atoms with Crippen molar-refractivity contribution in [1.82, 2.24) is 4.98 Å². The van der Waals surface area contributed by atoms with Crippen molar-refractivity contribution < 1.29 is 4.74 Å². The minimum absolute atomic E-state index is 0.0687. The summed E-state index contributed by atoms with van der Waals surface area (Å²) in [6.07, 6.45) is 7.72. The van der Waals surface area contributed by atoms with E-state index in [0.717, 1.165) is 12.8 Å². The van der Waals surface area contributed by atoms with E-state index in [2.05, 4.69) is 11.9 Å². The number of nitrogens with zero attached hydrogens (tertiary/aromatic N) is 1. The summed E-state index contributed by atoms with van der Waals surface area (Å²) in [6, 6.07) is 3.65.